The van der Waals surface area contributed by atoms with E-state index in [2.05, 4.69) is 10.3 Å². The van der Waals surface area contributed by atoms with Crippen LogP contribution in [-0.2, 0) is 11.4 Å². The van der Waals surface area contributed by atoms with Crippen molar-refractivity contribution in [3.05, 3.63) is 84.2 Å². The summed E-state index contributed by atoms with van der Waals surface area (Å²) in [6.07, 6.45) is 6.36. The molecular formula is C22H20N2O4. The molecule has 0 atom stereocenters. The molecule has 6 nitrogen and oxygen atoms in total. The van der Waals surface area contributed by atoms with Gasteiger partial charge >= 0.3 is 0 Å². The molecule has 1 amide bonds. The van der Waals surface area contributed by atoms with E-state index in [1.54, 1.807) is 48.8 Å². The van der Waals surface area contributed by atoms with Crippen molar-refractivity contribution < 1.29 is 19.4 Å². The molecule has 3 rings (SSSR count). The lowest BCUT2D eigenvalue weighted by atomic mass is 10.2. The largest absolute Gasteiger partial charge is 0.504 e. The summed E-state index contributed by atoms with van der Waals surface area (Å²) in [6.45, 7) is 0.384. The van der Waals surface area contributed by atoms with Gasteiger partial charge in [-0.3, -0.25) is 9.78 Å². The van der Waals surface area contributed by atoms with Crippen LogP contribution in [0.5, 0.6) is 17.2 Å². The molecule has 0 aliphatic carbocycles. The molecular weight excluding hydrogens is 356 g/mol. The fourth-order valence-electron chi connectivity index (χ4n) is 2.51. The molecule has 6 heteroatoms. The molecule has 1 aromatic heterocycles. The molecule has 0 bridgehead atoms. The van der Waals surface area contributed by atoms with E-state index < -0.39 is 0 Å². The number of anilines is 1. The number of aromatic nitrogens is 1. The summed E-state index contributed by atoms with van der Waals surface area (Å²) in [7, 11) is 1.48. The van der Waals surface area contributed by atoms with Crippen LogP contribution in [0.25, 0.3) is 6.08 Å². The van der Waals surface area contributed by atoms with Crippen molar-refractivity contribution in [1.29, 1.82) is 0 Å². The number of methoxy groups -OCH3 is 1. The first-order valence-corrected chi connectivity index (χ1v) is 8.62. The summed E-state index contributed by atoms with van der Waals surface area (Å²) in [6, 6.07) is 15.9. The van der Waals surface area contributed by atoms with Crippen molar-refractivity contribution >= 4 is 17.7 Å². The van der Waals surface area contributed by atoms with Gasteiger partial charge in [0.1, 0.15) is 12.4 Å². The summed E-state index contributed by atoms with van der Waals surface area (Å²) in [5.41, 5.74) is 2.29. The van der Waals surface area contributed by atoms with Gasteiger partial charge in [-0.05, 0) is 53.6 Å². The number of phenols is 1. The quantitative estimate of drug-likeness (QED) is 0.609. The highest BCUT2D eigenvalue weighted by molar-refractivity contribution is 6.02. The Kier molecular flexibility index (Phi) is 6.25. The zero-order valence-electron chi connectivity index (χ0n) is 15.3. The van der Waals surface area contributed by atoms with E-state index in [1.165, 1.54) is 19.3 Å². The lowest BCUT2D eigenvalue weighted by Gasteiger charge is -2.08. The normalized spacial score (nSPS) is 10.6. The zero-order valence-corrected chi connectivity index (χ0v) is 15.3. The van der Waals surface area contributed by atoms with Crippen LogP contribution < -0.4 is 14.8 Å². The number of rotatable bonds is 7. The topological polar surface area (TPSA) is 80.7 Å². The van der Waals surface area contributed by atoms with Crippen LogP contribution in [0.1, 0.15) is 11.1 Å². The van der Waals surface area contributed by atoms with Crippen molar-refractivity contribution in [2.24, 2.45) is 0 Å². The third-order valence-electron chi connectivity index (χ3n) is 3.88. The van der Waals surface area contributed by atoms with Gasteiger partial charge < -0.3 is 19.9 Å². The number of carbonyl (C=O) groups is 1. The number of phenolic OH excluding ortho intramolecular Hbond substituents is 1. The van der Waals surface area contributed by atoms with E-state index >= 15 is 0 Å². The third-order valence-corrected chi connectivity index (χ3v) is 3.88. The van der Waals surface area contributed by atoms with Crippen LogP contribution in [0.4, 0.5) is 5.69 Å². The molecule has 2 N–H and O–H groups in total. The minimum Gasteiger partial charge on any atom is -0.504 e. The number of nitrogens with one attached hydrogen (secondary N) is 1. The van der Waals surface area contributed by atoms with Gasteiger partial charge in [0.2, 0.25) is 5.91 Å². The van der Waals surface area contributed by atoms with Gasteiger partial charge in [0.15, 0.2) is 11.5 Å². The number of amides is 1. The van der Waals surface area contributed by atoms with E-state index in [1.807, 2.05) is 18.2 Å². The number of benzene rings is 2. The van der Waals surface area contributed by atoms with Gasteiger partial charge in [0, 0.05) is 24.2 Å². The first-order chi connectivity index (χ1) is 13.6. The molecule has 0 aliphatic rings. The number of aromatic hydroxyl groups is 1. The second-order valence-corrected chi connectivity index (χ2v) is 5.93. The first kappa shape index (κ1) is 19.0. The maximum Gasteiger partial charge on any atom is 0.248 e. The fourth-order valence-corrected chi connectivity index (χ4v) is 2.51. The van der Waals surface area contributed by atoms with E-state index in [9.17, 15) is 9.90 Å². The lowest BCUT2D eigenvalue weighted by molar-refractivity contribution is -0.111. The van der Waals surface area contributed by atoms with Gasteiger partial charge in [0.05, 0.1) is 7.11 Å². The average molecular weight is 376 g/mol. The molecule has 0 unspecified atom stereocenters. The Morgan fingerprint density at radius 3 is 2.71 bits per heavy atom. The number of pyridine rings is 1. The van der Waals surface area contributed by atoms with Gasteiger partial charge in [-0.2, -0.15) is 0 Å². The Bertz CT molecular complexity index is 971. The highest BCUT2D eigenvalue weighted by atomic mass is 16.5. The van der Waals surface area contributed by atoms with E-state index in [4.69, 9.17) is 9.47 Å². The second kappa shape index (κ2) is 9.23. The van der Waals surface area contributed by atoms with Crippen LogP contribution in [0, 0.1) is 0 Å². The third kappa shape index (κ3) is 5.35. The fraction of sp³-hybridized carbons (Fsp3) is 0.0909. The molecule has 0 saturated carbocycles. The predicted octanol–water partition coefficient (Wildman–Crippen LogP) is 4.03. The molecule has 0 spiro atoms. The van der Waals surface area contributed by atoms with E-state index in [-0.39, 0.29) is 11.7 Å². The maximum absolute atomic E-state index is 12.2. The number of hydrogen-bond donors (Lipinski definition) is 2. The molecule has 0 saturated heterocycles. The maximum atomic E-state index is 12.2. The van der Waals surface area contributed by atoms with Crippen molar-refractivity contribution in [2.45, 2.75) is 6.61 Å². The van der Waals surface area contributed by atoms with Crippen molar-refractivity contribution in [3.8, 4) is 17.2 Å². The SMILES string of the molecule is COc1ccc(C=CC(=O)Nc2cccc(COc3ccncc3)c2)cc1O. The highest BCUT2D eigenvalue weighted by Gasteiger charge is 2.03. The summed E-state index contributed by atoms with van der Waals surface area (Å²) in [5.74, 6) is 0.858. The Balaban J connectivity index is 1.58. The smallest absolute Gasteiger partial charge is 0.248 e. The Labute approximate surface area is 163 Å². The molecule has 142 valence electrons. The summed E-state index contributed by atoms with van der Waals surface area (Å²) >= 11 is 0. The molecule has 2 aromatic carbocycles. The van der Waals surface area contributed by atoms with E-state index in [0.717, 1.165) is 11.3 Å². The lowest BCUT2D eigenvalue weighted by Crippen LogP contribution is -2.08. The van der Waals surface area contributed by atoms with Crippen LogP contribution in [0.2, 0.25) is 0 Å². The van der Waals surface area contributed by atoms with Crippen LogP contribution in [-0.4, -0.2) is 23.1 Å². The number of nitrogens with zero attached hydrogens (tertiary/aromatic N) is 1. The molecule has 0 radical (unpaired) electrons. The van der Waals surface area contributed by atoms with Crippen LogP contribution >= 0.6 is 0 Å². The van der Waals surface area contributed by atoms with Crippen LogP contribution in [0.15, 0.2) is 73.1 Å². The van der Waals surface area contributed by atoms with Crippen molar-refractivity contribution in [2.75, 3.05) is 12.4 Å². The monoisotopic (exact) mass is 376 g/mol. The van der Waals surface area contributed by atoms with E-state index in [0.29, 0.717) is 23.6 Å². The molecule has 1 heterocycles. The molecule has 3 aromatic rings. The van der Waals surface area contributed by atoms with Gasteiger partial charge in [-0.25, -0.2) is 0 Å². The number of ether oxygens (including phenoxy) is 2. The number of carbonyl (C=O) groups excluding carboxylic acids is 1. The van der Waals surface area contributed by atoms with Gasteiger partial charge in [-0.15, -0.1) is 0 Å². The minimum absolute atomic E-state index is 0.0203. The Morgan fingerprint density at radius 2 is 1.96 bits per heavy atom. The molecule has 0 fully saturated rings. The van der Waals surface area contributed by atoms with Crippen molar-refractivity contribution in [3.63, 3.8) is 0 Å². The van der Waals surface area contributed by atoms with Gasteiger partial charge in [0.25, 0.3) is 0 Å². The standard InChI is InChI=1S/C22H20N2O4/c1-27-21-7-5-16(14-20(21)25)6-8-22(26)24-18-4-2-3-17(13-18)15-28-19-9-11-23-12-10-19/h2-14,25H,15H2,1H3,(H,24,26). The predicted molar refractivity (Wildman–Crippen MR) is 107 cm³/mol. The Hall–Kier alpha value is -3.80. The minimum atomic E-state index is -0.275. The average Bonchev–Trinajstić information content (AvgIpc) is 2.72. The molecule has 0 aliphatic heterocycles. The Morgan fingerprint density at radius 1 is 1.14 bits per heavy atom. The second-order valence-electron chi connectivity index (χ2n) is 5.93. The highest BCUT2D eigenvalue weighted by Crippen LogP contribution is 2.26. The molecule has 28 heavy (non-hydrogen) atoms. The zero-order chi connectivity index (χ0) is 19.8. The van der Waals surface area contributed by atoms with Gasteiger partial charge in [-0.1, -0.05) is 18.2 Å². The van der Waals surface area contributed by atoms with Crippen LogP contribution in [0.3, 0.4) is 0 Å². The summed E-state index contributed by atoms with van der Waals surface area (Å²) in [4.78, 5) is 16.1. The number of hydrogen-bond acceptors (Lipinski definition) is 5. The van der Waals surface area contributed by atoms with Crippen molar-refractivity contribution in [1.82, 2.24) is 4.98 Å². The summed E-state index contributed by atoms with van der Waals surface area (Å²) in [5, 5.41) is 12.6. The summed E-state index contributed by atoms with van der Waals surface area (Å²) < 4.78 is 10.7. The first-order valence-electron chi connectivity index (χ1n) is 8.62.